The molecule has 1 amide bonds. The zero-order valence-electron chi connectivity index (χ0n) is 21.1. The van der Waals surface area contributed by atoms with Crippen molar-refractivity contribution in [1.82, 2.24) is 4.90 Å². The number of nitrogens with zero attached hydrogens (tertiary/aromatic N) is 1. The molecule has 1 unspecified atom stereocenters. The van der Waals surface area contributed by atoms with E-state index in [0.29, 0.717) is 34.5 Å². The van der Waals surface area contributed by atoms with E-state index in [9.17, 15) is 22.8 Å². The van der Waals surface area contributed by atoms with Gasteiger partial charge in [-0.15, -0.1) is 0 Å². The van der Waals surface area contributed by atoms with Crippen molar-refractivity contribution >= 4 is 16.9 Å². The highest BCUT2D eigenvalue weighted by atomic mass is 19.4. The Labute approximate surface area is 221 Å². The van der Waals surface area contributed by atoms with Gasteiger partial charge in [0, 0.05) is 6.54 Å². The number of fused-ring (bicyclic) bond motifs is 2. The van der Waals surface area contributed by atoms with Crippen LogP contribution in [0.25, 0.3) is 11.0 Å². The number of benzene rings is 3. The first kappa shape index (κ1) is 26.1. The SMILES string of the molecule is COc1cc2c(cc1OC)C(COc1cc(=O)oc3ccccc13)N(C(=O)c1ccccc1C(F)(F)F)CC2. The van der Waals surface area contributed by atoms with Crippen LogP contribution in [0.3, 0.4) is 0 Å². The van der Waals surface area contributed by atoms with Crippen LogP contribution in [0.5, 0.6) is 17.2 Å². The van der Waals surface area contributed by atoms with Crippen LogP contribution < -0.4 is 19.8 Å². The Kier molecular flexibility index (Phi) is 6.94. The minimum Gasteiger partial charge on any atom is -0.493 e. The Balaban J connectivity index is 1.59. The van der Waals surface area contributed by atoms with Crippen molar-refractivity contribution in [3.05, 3.63) is 99.4 Å². The molecule has 0 fully saturated rings. The third kappa shape index (κ3) is 5.01. The average Bonchev–Trinajstić information content (AvgIpc) is 2.93. The molecular formula is C29H24F3NO6. The lowest BCUT2D eigenvalue weighted by atomic mass is 9.91. The van der Waals surface area contributed by atoms with Crippen LogP contribution in [0.1, 0.15) is 33.1 Å². The number of ether oxygens (including phenoxy) is 3. The summed E-state index contributed by atoms with van der Waals surface area (Å²) in [6.07, 6.45) is -4.33. The fraction of sp³-hybridized carbons (Fsp3) is 0.241. The second kappa shape index (κ2) is 10.4. The molecule has 0 bridgehead atoms. The maximum absolute atomic E-state index is 13.8. The van der Waals surface area contributed by atoms with Crippen LogP contribution in [0.4, 0.5) is 13.2 Å². The Morgan fingerprint density at radius 1 is 0.974 bits per heavy atom. The Hall–Kier alpha value is -4.47. The number of carbonyl (C=O) groups is 1. The van der Waals surface area contributed by atoms with Crippen LogP contribution in [0.15, 0.2) is 75.9 Å². The van der Waals surface area contributed by atoms with Crippen molar-refractivity contribution in [2.45, 2.75) is 18.6 Å². The molecule has 3 aromatic carbocycles. The molecule has 39 heavy (non-hydrogen) atoms. The summed E-state index contributed by atoms with van der Waals surface area (Å²) < 4.78 is 63.6. The summed E-state index contributed by atoms with van der Waals surface area (Å²) in [6, 6.07) is 15.4. The lowest BCUT2D eigenvalue weighted by Gasteiger charge is -2.38. The minimum atomic E-state index is -4.71. The first-order valence-electron chi connectivity index (χ1n) is 12.1. The molecule has 0 saturated carbocycles. The van der Waals surface area contributed by atoms with E-state index in [4.69, 9.17) is 18.6 Å². The van der Waals surface area contributed by atoms with Crippen LogP contribution in [0, 0.1) is 0 Å². The number of carbonyl (C=O) groups excluding carboxylic acids is 1. The van der Waals surface area contributed by atoms with Gasteiger partial charge in [-0.05, 0) is 53.9 Å². The summed E-state index contributed by atoms with van der Waals surface area (Å²) in [5, 5.41) is 0.542. The number of rotatable bonds is 6. The van der Waals surface area contributed by atoms with Gasteiger partial charge in [0.25, 0.3) is 5.91 Å². The van der Waals surface area contributed by atoms with Crippen molar-refractivity contribution in [3.63, 3.8) is 0 Å². The molecule has 5 rings (SSSR count). The summed E-state index contributed by atoms with van der Waals surface area (Å²) in [6.45, 7) is -0.00489. The number of para-hydroxylation sites is 1. The summed E-state index contributed by atoms with van der Waals surface area (Å²) >= 11 is 0. The summed E-state index contributed by atoms with van der Waals surface area (Å²) in [5.74, 6) is 0.341. The maximum Gasteiger partial charge on any atom is 0.417 e. The Bertz CT molecular complexity index is 1600. The van der Waals surface area contributed by atoms with E-state index in [2.05, 4.69) is 0 Å². The van der Waals surface area contributed by atoms with Crippen molar-refractivity contribution in [3.8, 4) is 17.2 Å². The second-order valence-electron chi connectivity index (χ2n) is 8.95. The van der Waals surface area contributed by atoms with Crippen molar-refractivity contribution in [1.29, 1.82) is 0 Å². The fourth-order valence-corrected chi connectivity index (χ4v) is 4.89. The first-order valence-corrected chi connectivity index (χ1v) is 12.1. The first-order chi connectivity index (χ1) is 18.7. The molecule has 0 saturated heterocycles. The Morgan fingerprint density at radius 3 is 2.41 bits per heavy atom. The number of hydrogen-bond acceptors (Lipinski definition) is 6. The molecule has 1 aliphatic rings. The smallest absolute Gasteiger partial charge is 0.417 e. The standard InChI is InChI=1S/C29H24F3NO6/c1-36-25-13-17-11-12-33(28(35)18-7-3-5-9-21(18)29(30,31)32)22(20(17)14-26(25)37-2)16-38-24-15-27(34)39-23-10-6-4-8-19(23)24/h3-10,13-15,22H,11-12,16H2,1-2H3. The van der Waals surface area contributed by atoms with Gasteiger partial charge in [0.1, 0.15) is 17.9 Å². The number of alkyl halides is 3. The van der Waals surface area contributed by atoms with Gasteiger partial charge in [0.15, 0.2) is 11.5 Å². The van der Waals surface area contributed by atoms with Crippen LogP contribution in [0.2, 0.25) is 0 Å². The third-order valence-electron chi connectivity index (χ3n) is 6.74. The van der Waals surface area contributed by atoms with Gasteiger partial charge in [-0.3, -0.25) is 4.79 Å². The molecule has 0 spiro atoms. The lowest BCUT2D eigenvalue weighted by molar-refractivity contribution is -0.138. The van der Waals surface area contributed by atoms with E-state index in [1.807, 2.05) is 0 Å². The van der Waals surface area contributed by atoms with Crippen molar-refractivity contribution in [2.75, 3.05) is 27.4 Å². The normalized spacial score (nSPS) is 15.1. The number of hydrogen-bond donors (Lipinski definition) is 0. The van der Waals surface area contributed by atoms with E-state index >= 15 is 0 Å². The van der Waals surface area contributed by atoms with E-state index in [1.54, 1.807) is 36.4 Å². The largest absolute Gasteiger partial charge is 0.493 e. The molecular weight excluding hydrogens is 515 g/mol. The predicted octanol–water partition coefficient (Wildman–Crippen LogP) is 5.65. The number of halogens is 3. The van der Waals surface area contributed by atoms with Crippen molar-refractivity contribution in [2.24, 2.45) is 0 Å². The molecule has 1 atom stereocenters. The maximum atomic E-state index is 13.8. The van der Waals surface area contributed by atoms with Crippen LogP contribution in [-0.4, -0.2) is 38.2 Å². The minimum absolute atomic E-state index is 0.138. The molecule has 7 nitrogen and oxygen atoms in total. The van der Waals surface area contributed by atoms with Crippen molar-refractivity contribution < 1.29 is 36.6 Å². The van der Waals surface area contributed by atoms with E-state index in [0.717, 1.165) is 11.6 Å². The van der Waals surface area contributed by atoms with Gasteiger partial charge in [-0.2, -0.15) is 13.2 Å². The van der Waals surface area contributed by atoms with Gasteiger partial charge in [0.05, 0.1) is 42.8 Å². The van der Waals surface area contributed by atoms with Gasteiger partial charge >= 0.3 is 11.8 Å². The van der Waals surface area contributed by atoms with Gasteiger partial charge in [-0.25, -0.2) is 4.79 Å². The zero-order valence-corrected chi connectivity index (χ0v) is 21.1. The monoisotopic (exact) mass is 539 g/mol. The molecule has 0 radical (unpaired) electrons. The van der Waals surface area contributed by atoms with Crippen LogP contribution >= 0.6 is 0 Å². The highest BCUT2D eigenvalue weighted by Gasteiger charge is 2.39. The third-order valence-corrected chi connectivity index (χ3v) is 6.74. The highest BCUT2D eigenvalue weighted by molar-refractivity contribution is 5.96. The zero-order chi connectivity index (χ0) is 27.7. The van der Waals surface area contributed by atoms with Gasteiger partial charge in [0.2, 0.25) is 0 Å². The van der Waals surface area contributed by atoms with Gasteiger partial charge < -0.3 is 23.5 Å². The summed E-state index contributed by atoms with van der Waals surface area (Å²) in [5.41, 5.74) is -0.284. The molecule has 202 valence electrons. The highest BCUT2D eigenvalue weighted by Crippen LogP contribution is 2.40. The lowest BCUT2D eigenvalue weighted by Crippen LogP contribution is -2.43. The van der Waals surface area contributed by atoms with E-state index in [1.165, 1.54) is 43.4 Å². The summed E-state index contributed by atoms with van der Waals surface area (Å²) in [7, 11) is 2.97. The summed E-state index contributed by atoms with van der Waals surface area (Å²) in [4.78, 5) is 27.2. The molecule has 0 N–H and O–H groups in total. The molecule has 10 heteroatoms. The fourth-order valence-electron chi connectivity index (χ4n) is 4.89. The average molecular weight is 540 g/mol. The van der Waals surface area contributed by atoms with Crippen LogP contribution in [-0.2, 0) is 12.6 Å². The molecule has 4 aromatic rings. The van der Waals surface area contributed by atoms with E-state index < -0.39 is 34.9 Å². The topological polar surface area (TPSA) is 78.2 Å². The number of amides is 1. The second-order valence-corrected chi connectivity index (χ2v) is 8.95. The molecule has 2 heterocycles. The molecule has 1 aliphatic heterocycles. The van der Waals surface area contributed by atoms with Gasteiger partial charge in [-0.1, -0.05) is 24.3 Å². The quantitative estimate of drug-likeness (QED) is 0.295. The number of methoxy groups -OCH3 is 2. The predicted molar refractivity (Wildman–Crippen MR) is 136 cm³/mol. The molecule has 0 aliphatic carbocycles. The Morgan fingerprint density at radius 2 is 1.67 bits per heavy atom. The molecule has 1 aromatic heterocycles. The van der Waals surface area contributed by atoms with E-state index in [-0.39, 0.29) is 18.9 Å².